The molecule has 0 spiro atoms. The molecule has 2 heteroatoms. The van der Waals surface area contributed by atoms with Gasteiger partial charge in [-0.15, -0.1) is 0 Å². The third kappa shape index (κ3) is 6.39. The van der Waals surface area contributed by atoms with Crippen molar-refractivity contribution in [2.24, 2.45) is 17.1 Å². The van der Waals surface area contributed by atoms with Crippen LogP contribution in [0.15, 0.2) is 0 Å². The summed E-state index contributed by atoms with van der Waals surface area (Å²) >= 11 is 0. The number of hydrogen-bond donors (Lipinski definition) is 1. The normalized spacial score (nSPS) is 14.8. The molecule has 0 aromatic heterocycles. The van der Waals surface area contributed by atoms with Gasteiger partial charge in [0, 0.05) is 6.54 Å². The van der Waals surface area contributed by atoms with E-state index in [-0.39, 0.29) is 0 Å². The quantitative estimate of drug-likeness (QED) is 0.713. The van der Waals surface area contributed by atoms with Gasteiger partial charge in [0.2, 0.25) is 0 Å². The maximum Gasteiger partial charge on any atom is 0.00217 e. The summed E-state index contributed by atoms with van der Waals surface area (Å²) in [6.07, 6.45) is 1.22. The van der Waals surface area contributed by atoms with Crippen molar-refractivity contribution in [2.45, 2.75) is 41.0 Å². The van der Waals surface area contributed by atoms with E-state index in [0.29, 0.717) is 11.3 Å². The average Bonchev–Trinajstić information content (AvgIpc) is 2.10. The highest BCUT2D eigenvalue weighted by Gasteiger charge is 2.18. The predicted octanol–water partition coefficient (Wildman–Crippen LogP) is 2.34. The lowest BCUT2D eigenvalue weighted by Crippen LogP contribution is -2.34. The molecule has 0 aromatic carbocycles. The molecular weight excluding hydrogens is 172 g/mol. The van der Waals surface area contributed by atoms with Crippen LogP contribution in [0.3, 0.4) is 0 Å². The van der Waals surface area contributed by atoms with Gasteiger partial charge in [0.15, 0.2) is 0 Å². The smallest absolute Gasteiger partial charge is 0.00217 e. The molecule has 0 fully saturated rings. The van der Waals surface area contributed by atoms with Crippen molar-refractivity contribution in [1.82, 2.24) is 4.90 Å². The molecule has 2 N–H and O–H groups in total. The standard InChI is InChI=1S/C12H28N2/c1-6-14(7-2)10-11(9-13)8-12(3,4)5/h11H,6-10,13H2,1-5H3. The Bertz CT molecular complexity index is 134. The minimum Gasteiger partial charge on any atom is -0.330 e. The van der Waals surface area contributed by atoms with Crippen LogP contribution in [0.4, 0.5) is 0 Å². The van der Waals surface area contributed by atoms with Gasteiger partial charge in [-0.25, -0.2) is 0 Å². The Morgan fingerprint density at radius 1 is 1.14 bits per heavy atom. The van der Waals surface area contributed by atoms with Gasteiger partial charge in [-0.05, 0) is 37.4 Å². The molecule has 0 amide bonds. The summed E-state index contributed by atoms with van der Waals surface area (Å²) in [6, 6.07) is 0. The highest BCUT2D eigenvalue weighted by atomic mass is 15.1. The lowest BCUT2D eigenvalue weighted by molar-refractivity contribution is 0.207. The summed E-state index contributed by atoms with van der Waals surface area (Å²) in [5.41, 5.74) is 6.21. The first kappa shape index (κ1) is 13.9. The van der Waals surface area contributed by atoms with Gasteiger partial charge in [0.05, 0.1) is 0 Å². The molecule has 0 bridgehead atoms. The maximum atomic E-state index is 5.81. The Kier molecular flexibility index (Phi) is 6.38. The number of nitrogens with two attached hydrogens (primary N) is 1. The van der Waals surface area contributed by atoms with Crippen molar-refractivity contribution >= 4 is 0 Å². The second kappa shape index (κ2) is 6.41. The second-order valence-electron chi connectivity index (χ2n) is 5.35. The zero-order valence-electron chi connectivity index (χ0n) is 10.6. The van der Waals surface area contributed by atoms with E-state index in [4.69, 9.17) is 5.73 Å². The zero-order valence-corrected chi connectivity index (χ0v) is 10.6. The Morgan fingerprint density at radius 3 is 1.93 bits per heavy atom. The molecule has 86 valence electrons. The van der Waals surface area contributed by atoms with Crippen molar-refractivity contribution in [1.29, 1.82) is 0 Å². The molecule has 1 unspecified atom stereocenters. The molecule has 0 saturated carbocycles. The lowest BCUT2D eigenvalue weighted by Gasteiger charge is -2.29. The third-order valence-electron chi connectivity index (χ3n) is 2.65. The van der Waals surface area contributed by atoms with E-state index in [1.165, 1.54) is 6.42 Å². The zero-order chi connectivity index (χ0) is 11.2. The van der Waals surface area contributed by atoms with E-state index >= 15 is 0 Å². The topological polar surface area (TPSA) is 29.3 Å². The van der Waals surface area contributed by atoms with Crippen LogP contribution in [-0.2, 0) is 0 Å². The molecule has 0 aliphatic heterocycles. The number of rotatable bonds is 6. The number of hydrogen-bond acceptors (Lipinski definition) is 2. The molecule has 0 saturated heterocycles. The van der Waals surface area contributed by atoms with Crippen molar-refractivity contribution in [2.75, 3.05) is 26.2 Å². The van der Waals surface area contributed by atoms with Gasteiger partial charge in [-0.1, -0.05) is 34.6 Å². The molecule has 14 heavy (non-hydrogen) atoms. The summed E-state index contributed by atoms with van der Waals surface area (Å²) in [5.74, 6) is 0.648. The minimum atomic E-state index is 0.400. The molecule has 0 heterocycles. The summed E-state index contributed by atoms with van der Waals surface area (Å²) in [5, 5.41) is 0. The predicted molar refractivity (Wildman–Crippen MR) is 64.4 cm³/mol. The minimum absolute atomic E-state index is 0.400. The van der Waals surface area contributed by atoms with Gasteiger partial charge in [-0.2, -0.15) is 0 Å². The van der Waals surface area contributed by atoms with E-state index in [1.807, 2.05) is 0 Å². The Balaban J connectivity index is 4.01. The van der Waals surface area contributed by atoms with Crippen LogP contribution < -0.4 is 5.73 Å². The van der Waals surface area contributed by atoms with Gasteiger partial charge in [0.25, 0.3) is 0 Å². The summed E-state index contributed by atoms with van der Waals surface area (Å²) in [7, 11) is 0. The SMILES string of the molecule is CCN(CC)CC(CN)CC(C)(C)C. The van der Waals surface area contributed by atoms with E-state index < -0.39 is 0 Å². The van der Waals surface area contributed by atoms with E-state index in [1.54, 1.807) is 0 Å². The third-order valence-corrected chi connectivity index (χ3v) is 2.65. The molecule has 1 atom stereocenters. The maximum absolute atomic E-state index is 5.81. The molecular formula is C12H28N2. The summed E-state index contributed by atoms with van der Waals surface area (Å²) < 4.78 is 0. The van der Waals surface area contributed by atoms with Crippen molar-refractivity contribution in [3.8, 4) is 0 Å². The average molecular weight is 200 g/mol. The highest BCUT2D eigenvalue weighted by Crippen LogP contribution is 2.24. The van der Waals surface area contributed by atoms with Gasteiger partial charge >= 0.3 is 0 Å². The first-order valence-corrected chi connectivity index (χ1v) is 5.85. The fourth-order valence-electron chi connectivity index (χ4n) is 1.94. The molecule has 0 radical (unpaired) electrons. The molecule has 0 rings (SSSR count). The first-order chi connectivity index (χ1) is 6.42. The molecule has 0 aromatic rings. The van der Waals surface area contributed by atoms with Gasteiger partial charge in [-0.3, -0.25) is 0 Å². The van der Waals surface area contributed by atoms with Crippen molar-refractivity contribution in [3.63, 3.8) is 0 Å². The van der Waals surface area contributed by atoms with E-state index in [0.717, 1.165) is 26.2 Å². The van der Waals surface area contributed by atoms with Crippen LogP contribution in [0.2, 0.25) is 0 Å². The van der Waals surface area contributed by atoms with E-state index in [9.17, 15) is 0 Å². The Morgan fingerprint density at radius 2 is 1.64 bits per heavy atom. The van der Waals surface area contributed by atoms with Crippen molar-refractivity contribution < 1.29 is 0 Å². The van der Waals surface area contributed by atoms with Crippen LogP contribution in [0, 0.1) is 11.3 Å². The fraction of sp³-hybridized carbons (Fsp3) is 1.00. The lowest BCUT2D eigenvalue weighted by atomic mass is 9.84. The highest BCUT2D eigenvalue weighted by molar-refractivity contribution is 4.72. The molecule has 0 aliphatic carbocycles. The summed E-state index contributed by atoms with van der Waals surface area (Å²) in [4.78, 5) is 2.46. The number of nitrogens with zero attached hydrogens (tertiary/aromatic N) is 1. The fourth-order valence-corrected chi connectivity index (χ4v) is 1.94. The second-order valence-corrected chi connectivity index (χ2v) is 5.35. The van der Waals surface area contributed by atoms with Crippen LogP contribution in [-0.4, -0.2) is 31.1 Å². The van der Waals surface area contributed by atoms with Crippen LogP contribution in [0.1, 0.15) is 41.0 Å². The Labute approximate surface area is 89.9 Å². The van der Waals surface area contributed by atoms with Gasteiger partial charge in [0.1, 0.15) is 0 Å². The monoisotopic (exact) mass is 200 g/mol. The first-order valence-electron chi connectivity index (χ1n) is 5.85. The van der Waals surface area contributed by atoms with Crippen LogP contribution in [0.5, 0.6) is 0 Å². The van der Waals surface area contributed by atoms with Crippen LogP contribution in [0.25, 0.3) is 0 Å². The summed E-state index contributed by atoms with van der Waals surface area (Å²) in [6.45, 7) is 15.5. The largest absolute Gasteiger partial charge is 0.330 e. The molecule has 0 aliphatic rings. The van der Waals surface area contributed by atoms with Gasteiger partial charge < -0.3 is 10.6 Å². The Hall–Kier alpha value is -0.0800. The molecule has 2 nitrogen and oxygen atoms in total. The van der Waals surface area contributed by atoms with Crippen molar-refractivity contribution in [3.05, 3.63) is 0 Å². The van der Waals surface area contributed by atoms with Crippen LogP contribution >= 0.6 is 0 Å². The van der Waals surface area contributed by atoms with E-state index in [2.05, 4.69) is 39.5 Å².